The number of hydrogen-bond donors (Lipinski definition) is 1. The minimum atomic E-state index is -0.229. The van der Waals surface area contributed by atoms with Gasteiger partial charge in [-0.1, -0.05) is 11.6 Å². The van der Waals surface area contributed by atoms with E-state index in [0.717, 1.165) is 0 Å². The average molecular weight is 261 g/mol. The minimum Gasteiger partial charge on any atom is -0.465 e. The van der Waals surface area contributed by atoms with Gasteiger partial charge in [0.15, 0.2) is 0 Å². The molecular formula is C10H13ClN2O2S. The van der Waals surface area contributed by atoms with Crippen LogP contribution in [0.4, 0.5) is 5.82 Å². The number of ether oxygens (including phenoxy) is 1. The number of nitrogens with zero attached hydrogens (tertiary/aromatic N) is 1. The topological polar surface area (TPSA) is 65.2 Å². The Bertz CT molecular complexity index is 374. The summed E-state index contributed by atoms with van der Waals surface area (Å²) in [7, 11) is 0. The number of pyridine rings is 1. The summed E-state index contributed by atoms with van der Waals surface area (Å²) in [5.74, 6) is 1.03. The Balaban J connectivity index is 2.42. The van der Waals surface area contributed by atoms with Gasteiger partial charge in [0.2, 0.25) is 0 Å². The van der Waals surface area contributed by atoms with E-state index in [1.54, 1.807) is 19.1 Å². The molecular weight excluding hydrogens is 248 g/mol. The van der Waals surface area contributed by atoms with Gasteiger partial charge in [0.05, 0.1) is 23.1 Å². The van der Waals surface area contributed by atoms with E-state index < -0.39 is 0 Å². The highest BCUT2D eigenvalue weighted by atomic mass is 35.5. The Kier molecular flexibility index (Phi) is 5.42. The number of aromatic nitrogens is 1. The summed E-state index contributed by atoms with van der Waals surface area (Å²) in [5, 5.41) is 0.561. The van der Waals surface area contributed by atoms with Crippen molar-refractivity contribution in [1.29, 1.82) is 0 Å². The molecule has 88 valence electrons. The fourth-order valence-electron chi connectivity index (χ4n) is 1.04. The highest BCUT2D eigenvalue weighted by Gasteiger charge is 2.06. The van der Waals surface area contributed by atoms with Crippen LogP contribution < -0.4 is 5.73 Å². The number of hydrogen-bond acceptors (Lipinski definition) is 5. The number of carbonyl (C=O) groups is 1. The lowest BCUT2D eigenvalue weighted by Gasteiger charge is -2.04. The standard InChI is InChI=1S/C10H13ClN2O2S/c1-2-15-10(14)6-16-5-8-7(11)3-4-9(12)13-8/h3-4H,2,5-6H2,1H3,(H2,12,13). The van der Waals surface area contributed by atoms with Crippen molar-refractivity contribution in [1.82, 2.24) is 4.98 Å². The maximum absolute atomic E-state index is 11.1. The van der Waals surface area contributed by atoms with Crippen molar-refractivity contribution in [2.24, 2.45) is 0 Å². The average Bonchev–Trinajstić information content (AvgIpc) is 2.23. The van der Waals surface area contributed by atoms with Gasteiger partial charge < -0.3 is 10.5 Å². The Morgan fingerprint density at radius 3 is 3.06 bits per heavy atom. The Hall–Kier alpha value is -0.940. The number of nitrogens with two attached hydrogens (primary N) is 1. The molecule has 4 nitrogen and oxygen atoms in total. The van der Waals surface area contributed by atoms with Crippen LogP contribution in [0.25, 0.3) is 0 Å². The molecule has 0 saturated heterocycles. The van der Waals surface area contributed by atoms with Gasteiger partial charge in [-0.05, 0) is 19.1 Å². The maximum Gasteiger partial charge on any atom is 0.315 e. The third-order valence-electron chi connectivity index (χ3n) is 1.70. The maximum atomic E-state index is 11.1. The van der Waals surface area contributed by atoms with E-state index in [1.807, 2.05) is 0 Å². The Morgan fingerprint density at radius 2 is 2.38 bits per heavy atom. The van der Waals surface area contributed by atoms with Crippen LogP contribution in [0.1, 0.15) is 12.6 Å². The SMILES string of the molecule is CCOC(=O)CSCc1nc(N)ccc1Cl. The molecule has 0 aliphatic rings. The summed E-state index contributed by atoms with van der Waals surface area (Å²) in [6.07, 6.45) is 0. The third kappa shape index (κ3) is 4.28. The monoisotopic (exact) mass is 260 g/mol. The largest absolute Gasteiger partial charge is 0.465 e. The van der Waals surface area contributed by atoms with Gasteiger partial charge in [-0.25, -0.2) is 4.98 Å². The summed E-state index contributed by atoms with van der Waals surface area (Å²) in [5.41, 5.74) is 6.23. The summed E-state index contributed by atoms with van der Waals surface area (Å²) in [6.45, 7) is 2.18. The molecule has 16 heavy (non-hydrogen) atoms. The van der Waals surface area contributed by atoms with Gasteiger partial charge in [0, 0.05) is 5.75 Å². The third-order valence-corrected chi connectivity index (χ3v) is 2.97. The molecule has 0 spiro atoms. The van der Waals surface area contributed by atoms with Crippen LogP contribution in [0.5, 0.6) is 0 Å². The highest BCUT2D eigenvalue weighted by molar-refractivity contribution is 7.99. The normalized spacial score (nSPS) is 10.1. The van der Waals surface area contributed by atoms with Gasteiger partial charge in [-0.2, -0.15) is 0 Å². The molecule has 0 amide bonds. The fourth-order valence-corrected chi connectivity index (χ4v) is 2.05. The van der Waals surface area contributed by atoms with Gasteiger partial charge >= 0.3 is 5.97 Å². The van der Waals surface area contributed by atoms with E-state index in [1.165, 1.54) is 11.8 Å². The van der Waals surface area contributed by atoms with E-state index >= 15 is 0 Å². The molecule has 0 fully saturated rings. The van der Waals surface area contributed by atoms with Crippen LogP contribution in [0.3, 0.4) is 0 Å². The van der Waals surface area contributed by atoms with Gasteiger partial charge in [0.25, 0.3) is 0 Å². The molecule has 6 heteroatoms. The first kappa shape index (κ1) is 13.1. The Morgan fingerprint density at radius 1 is 1.62 bits per heavy atom. The zero-order valence-corrected chi connectivity index (χ0v) is 10.5. The first-order valence-corrected chi connectivity index (χ1v) is 6.31. The molecule has 0 unspecified atom stereocenters. The van der Waals surface area contributed by atoms with Crippen LogP contribution in [-0.2, 0) is 15.3 Å². The number of rotatable bonds is 5. The molecule has 0 aliphatic carbocycles. The number of anilines is 1. The first-order valence-electron chi connectivity index (χ1n) is 4.77. The number of nitrogen functional groups attached to an aromatic ring is 1. The predicted octanol–water partition coefficient (Wildman–Crippen LogP) is 2.11. The summed E-state index contributed by atoms with van der Waals surface area (Å²) in [4.78, 5) is 15.2. The van der Waals surface area contributed by atoms with Gasteiger partial charge in [-0.3, -0.25) is 4.79 Å². The van der Waals surface area contributed by atoms with E-state index in [2.05, 4.69) is 4.98 Å². The second-order valence-electron chi connectivity index (χ2n) is 2.96. The van der Waals surface area contributed by atoms with Crippen LogP contribution in [-0.4, -0.2) is 23.3 Å². The zero-order valence-electron chi connectivity index (χ0n) is 8.90. The van der Waals surface area contributed by atoms with E-state index in [4.69, 9.17) is 22.1 Å². The van der Waals surface area contributed by atoms with Crippen LogP contribution in [0.2, 0.25) is 5.02 Å². The molecule has 0 bridgehead atoms. The fraction of sp³-hybridized carbons (Fsp3) is 0.400. The second kappa shape index (κ2) is 6.60. The van der Waals surface area contributed by atoms with E-state index in [0.29, 0.717) is 34.6 Å². The van der Waals surface area contributed by atoms with Crippen molar-refractivity contribution < 1.29 is 9.53 Å². The van der Waals surface area contributed by atoms with Crippen LogP contribution >= 0.6 is 23.4 Å². The number of halogens is 1. The molecule has 0 saturated carbocycles. The van der Waals surface area contributed by atoms with Crippen LogP contribution in [0.15, 0.2) is 12.1 Å². The molecule has 1 rings (SSSR count). The molecule has 1 aromatic heterocycles. The minimum absolute atomic E-state index is 0.229. The van der Waals surface area contributed by atoms with Crippen molar-refractivity contribution in [3.8, 4) is 0 Å². The van der Waals surface area contributed by atoms with Crippen LogP contribution in [0, 0.1) is 0 Å². The van der Waals surface area contributed by atoms with Gasteiger partial charge in [-0.15, -0.1) is 11.8 Å². The van der Waals surface area contributed by atoms with Crippen molar-refractivity contribution in [3.63, 3.8) is 0 Å². The first-order chi connectivity index (χ1) is 7.63. The molecule has 1 heterocycles. The highest BCUT2D eigenvalue weighted by Crippen LogP contribution is 2.20. The molecule has 0 radical (unpaired) electrons. The van der Waals surface area contributed by atoms with E-state index in [-0.39, 0.29) is 5.97 Å². The zero-order chi connectivity index (χ0) is 12.0. The summed E-state index contributed by atoms with van der Waals surface area (Å²) >= 11 is 7.33. The molecule has 0 aromatic carbocycles. The van der Waals surface area contributed by atoms with Crippen molar-refractivity contribution >= 4 is 35.1 Å². The summed E-state index contributed by atoms with van der Waals surface area (Å²) < 4.78 is 4.80. The second-order valence-corrected chi connectivity index (χ2v) is 4.36. The van der Waals surface area contributed by atoms with Crippen molar-refractivity contribution in [2.45, 2.75) is 12.7 Å². The smallest absolute Gasteiger partial charge is 0.315 e. The molecule has 0 atom stereocenters. The molecule has 2 N–H and O–H groups in total. The Labute approximate surface area is 104 Å². The van der Waals surface area contributed by atoms with Gasteiger partial charge in [0.1, 0.15) is 5.82 Å². The summed E-state index contributed by atoms with van der Waals surface area (Å²) in [6, 6.07) is 3.34. The number of carbonyl (C=O) groups excluding carboxylic acids is 1. The predicted molar refractivity (Wildman–Crippen MR) is 66.5 cm³/mol. The number of esters is 1. The molecule has 0 aliphatic heterocycles. The van der Waals surface area contributed by atoms with Crippen molar-refractivity contribution in [2.75, 3.05) is 18.1 Å². The lowest BCUT2D eigenvalue weighted by molar-refractivity contribution is -0.139. The lowest BCUT2D eigenvalue weighted by atomic mass is 10.4. The quantitative estimate of drug-likeness (QED) is 0.822. The van der Waals surface area contributed by atoms with E-state index in [9.17, 15) is 4.79 Å². The number of thioether (sulfide) groups is 1. The lowest BCUT2D eigenvalue weighted by Crippen LogP contribution is -2.07. The molecule has 1 aromatic rings. The van der Waals surface area contributed by atoms with Crippen molar-refractivity contribution in [3.05, 3.63) is 22.8 Å².